The summed E-state index contributed by atoms with van der Waals surface area (Å²) in [5.74, 6) is 0. The van der Waals surface area contributed by atoms with Crippen molar-refractivity contribution < 1.29 is 0 Å². The molecule has 0 nitrogen and oxygen atoms in total. The second-order valence-corrected chi connectivity index (χ2v) is 4.10. The second kappa shape index (κ2) is 5.76. The maximum Gasteiger partial charge on any atom is 0.0283 e. The maximum atomic E-state index is 3.43. The zero-order valence-corrected chi connectivity index (χ0v) is 10.1. The number of aryl methyl sites for hydroxylation is 1. The first-order valence-corrected chi connectivity index (χ1v) is 6.31. The van der Waals surface area contributed by atoms with Gasteiger partial charge in [0.25, 0.3) is 0 Å². The van der Waals surface area contributed by atoms with Crippen LogP contribution in [0.3, 0.4) is 0 Å². The van der Waals surface area contributed by atoms with E-state index in [4.69, 9.17) is 0 Å². The smallest absolute Gasteiger partial charge is 0.0283 e. The summed E-state index contributed by atoms with van der Waals surface area (Å²) in [7, 11) is 0. The highest BCUT2D eigenvalue weighted by Gasteiger charge is 1.92. The normalized spacial score (nSPS) is 10.2. The minimum Gasteiger partial charge on any atom is -0.0928 e. The van der Waals surface area contributed by atoms with Gasteiger partial charge in [-0.1, -0.05) is 56.1 Å². The number of hydrogen-bond acceptors (Lipinski definition) is 0. The molecule has 0 bridgehead atoms. The first-order chi connectivity index (χ1) is 5.86. The van der Waals surface area contributed by atoms with Gasteiger partial charge in [0.2, 0.25) is 0 Å². The molecule has 0 heterocycles. The lowest BCUT2D eigenvalue weighted by atomic mass is 10.1. The molecule has 0 aromatic heterocycles. The lowest BCUT2D eigenvalue weighted by molar-refractivity contribution is 0.938. The zero-order valence-electron chi connectivity index (χ0n) is 6.89. The monoisotopic (exact) mass is 290 g/mol. The summed E-state index contributed by atoms with van der Waals surface area (Å²) in [4.78, 5) is 0. The number of halogens is 2. The van der Waals surface area contributed by atoms with Crippen LogP contribution in [-0.2, 0) is 11.8 Å². The molecule has 1 aromatic rings. The average Bonchev–Trinajstić information content (AvgIpc) is 2.15. The van der Waals surface area contributed by atoms with E-state index in [1.807, 2.05) is 0 Å². The van der Waals surface area contributed by atoms with Crippen LogP contribution in [0.5, 0.6) is 0 Å². The van der Waals surface area contributed by atoms with Crippen LogP contribution in [0.2, 0.25) is 0 Å². The fourth-order valence-electron chi connectivity index (χ4n) is 1.07. The lowest BCUT2D eigenvalue weighted by Gasteiger charge is -2.00. The van der Waals surface area contributed by atoms with E-state index in [2.05, 4.69) is 56.1 Å². The van der Waals surface area contributed by atoms with E-state index in [0.29, 0.717) is 0 Å². The number of rotatable bonds is 4. The molecule has 0 unspecified atom stereocenters. The van der Waals surface area contributed by atoms with Crippen molar-refractivity contribution in [2.75, 3.05) is 5.33 Å². The third-order valence-corrected chi connectivity index (χ3v) is 2.98. The van der Waals surface area contributed by atoms with Gasteiger partial charge in [0, 0.05) is 10.7 Å². The molecule has 0 saturated heterocycles. The molecule has 0 aliphatic heterocycles. The van der Waals surface area contributed by atoms with Crippen molar-refractivity contribution >= 4 is 31.9 Å². The molecular formula is C10H12Br2. The van der Waals surface area contributed by atoms with E-state index < -0.39 is 0 Å². The van der Waals surface area contributed by atoms with Gasteiger partial charge in [0.1, 0.15) is 0 Å². The first kappa shape index (κ1) is 10.3. The summed E-state index contributed by atoms with van der Waals surface area (Å²) >= 11 is 6.85. The van der Waals surface area contributed by atoms with E-state index in [1.165, 1.54) is 24.0 Å². The predicted molar refractivity (Wildman–Crippen MR) is 61.2 cm³/mol. The van der Waals surface area contributed by atoms with Crippen molar-refractivity contribution in [3.05, 3.63) is 35.4 Å². The Kier molecular flexibility index (Phi) is 4.93. The Bertz CT molecular complexity index is 216. The third-order valence-electron chi connectivity index (χ3n) is 1.78. The summed E-state index contributed by atoms with van der Waals surface area (Å²) in [6.45, 7) is 0. The molecule has 66 valence electrons. The molecule has 0 fully saturated rings. The molecule has 0 radical (unpaired) electrons. The summed E-state index contributed by atoms with van der Waals surface area (Å²) in [5.41, 5.74) is 2.77. The van der Waals surface area contributed by atoms with Crippen LogP contribution in [0.25, 0.3) is 0 Å². The predicted octanol–water partition coefficient (Wildman–Crippen LogP) is 3.91. The third kappa shape index (κ3) is 3.28. The molecule has 0 aliphatic rings. The van der Waals surface area contributed by atoms with Crippen LogP contribution in [0, 0.1) is 0 Å². The van der Waals surface area contributed by atoms with Crippen LogP contribution in [0.1, 0.15) is 17.5 Å². The van der Waals surface area contributed by atoms with Gasteiger partial charge in [0.15, 0.2) is 0 Å². The van der Waals surface area contributed by atoms with Crippen LogP contribution in [0.4, 0.5) is 0 Å². The van der Waals surface area contributed by atoms with Crippen molar-refractivity contribution in [1.82, 2.24) is 0 Å². The molecule has 0 aliphatic carbocycles. The van der Waals surface area contributed by atoms with Crippen molar-refractivity contribution in [3.63, 3.8) is 0 Å². The Morgan fingerprint density at radius 3 is 2.00 bits per heavy atom. The topological polar surface area (TPSA) is 0 Å². The summed E-state index contributed by atoms with van der Waals surface area (Å²) < 4.78 is 0. The van der Waals surface area contributed by atoms with E-state index in [1.54, 1.807) is 0 Å². The standard InChI is InChI=1S/C10H12Br2/c11-7-1-2-9-3-5-10(8-12)6-4-9/h3-6H,1-2,7-8H2. The van der Waals surface area contributed by atoms with Gasteiger partial charge in [-0.15, -0.1) is 0 Å². The zero-order chi connectivity index (χ0) is 8.81. The van der Waals surface area contributed by atoms with Crippen LogP contribution in [0.15, 0.2) is 24.3 Å². The van der Waals surface area contributed by atoms with Crippen molar-refractivity contribution in [2.24, 2.45) is 0 Å². The molecule has 0 atom stereocenters. The molecule has 0 amide bonds. The average molecular weight is 292 g/mol. The molecule has 12 heavy (non-hydrogen) atoms. The lowest BCUT2D eigenvalue weighted by Crippen LogP contribution is -1.86. The Hall–Kier alpha value is 0.180. The SMILES string of the molecule is BrCCCc1ccc(CBr)cc1. The first-order valence-electron chi connectivity index (χ1n) is 4.06. The maximum absolute atomic E-state index is 3.43. The van der Waals surface area contributed by atoms with Crippen LogP contribution >= 0.6 is 31.9 Å². The molecule has 1 aromatic carbocycles. The molecular weight excluding hydrogens is 280 g/mol. The number of hydrogen-bond donors (Lipinski definition) is 0. The Morgan fingerprint density at radius 2 is 1.50 bits per heavy atom. The highest BCUT2D eigenvalue weighted by atomic mass is 79.9. The molecule has 1 rings (SSSR count). The van der Waals surface area contributed by atoms with Gasteiger partial charge in [-0.2, -0.15) is 0 Å². The highest BCUT2D eigenvalue weighted by molar-refractivity contribution is 9.09. The Labute approximate surface area is 90.6 Å². The van der Waals surface area contributed by atoms with Crippen molar-refractivity contribution in [2.45, 2.75) is 18.2 Å². The minimum atomic E-state index is 0.950. The second-order valence-electron chi connectivity index (χ2n) is 2.74. The molecule has 0 N–H and O–H groups in total. The molecule has 0 saturated carbocycles. The van der Waals surface area contributed by atoms with Gasteiger partial charge in [0.05, 0.1) is 0 Å². The molecule has 2 heteroatoms. The largest absolute Gasteiger partial charge is 0.0928 e. The van der Waals surface area contributed by atoms with Crippen molar-refractivity contribution in [3.8, 4) is 0 Å². The summed E-state index contributed by atoms with van der Waals surface area (Å²) in [6, 6.07) is 8.77. The van der Waals surface area contributed by atoms with Gasteiger partial charge in [-0.25, -0.2) is 0 Å². The fourth-order valence-corrected chi connectivity index (χ4v) is 1.72. The fraction of sp³-hybridized carbons (Fsp3) is 0.400. The summed E-state index contributed by atoms with van der Waals surface area (Å²) in [6.07, 6.45) is 2.39. The van der Waals surface area contributed by atoms with Gasteiger partial charge in [-0.05, 0) is 24.0 Å². The highest BCUT2D eigenvalue weighted by Crippen LogP contribution is 2.09. The number of benzene rings is 1. The Balaban J connectivity index is 2.53. The summed E-state index contributed by atoms with van der Waals surface area (Å²) in [5, 5.41) is 2.04. The minimum absolute atomic E-state index is 0.950. The van der Waals surface area contributed by atoms with Gasteiger partial charge in [-0.3, -0.25) is 0 Å². The quantitative estimate of drug-likeness (QED) is 0.738. The van der Waals surface area contributed by atoms with E-state index in [-0.39, 0.29) is 0 Å². The van der Waals surface area contributed by atoms with Crippen molar-refractivity contribution in [1.29, 1.82) is 0 Å². The number of alkyl halides is 2. The van der Waals surface area contributed by atoms with Crippen LogP contribution < -0.4 is 0 Å². The van der Waals surface area contributed by atoms with E-state index in [0.717, 1.165) is 10.7 Å². The van der Waals surface area contributed by atoms with Crippen LogP contribution in [-0.4, -0.2) is 5.33 Å². The molecule has 0 spiro atoms. The van der Waals surface area contributed by atoms with Gasteiger partial charge >= 0.3 is 0 Å². The van der Waals surface area contributed by atoms with E-state index >= 15 is 0 Å². The van der Waals surface area contributed by atoms with Gasteiger partial charge < -0.3 is 0 Å². The van der Waals surface area contributed by atoms with E-state index in [9.17, 15) is 0 Å². The Morgan fingerprint density at radius 1 is 0.917 bits per heavy atom.